The predicted octanol–water partition coefficient (Wildman–Crippen LogP) is 0.992. The number of hydrogen-bond acceptors (Lipinski definition) is 3. The Morgan fingerprint density at radius 3 is 2.71 bits per heavy atom. The quantitative estimate of drug-likeness (QED) is 0.658. The number of Topliss-reactive ketones (excluding diaryl/α,β-unsaturated/α-hetero) is 1. The van der Waals surface area contributed by atoms with Crippen LogP contribution < -0.4 is 0 Å². The predicted molar refractivity (Wildman–Crippen MR) is 58.4 cm³/mol. The molecule has 82 valence electrons. The van der Waals surface area contributed by atoms with Gasteiger partial charge in [0.1, 0.15) is 5.78 Å². The first-order valence-corrected chi connectivity index (χ1v) is 5.48. The molecule has 1 atom stereocenters. The lowest BCUT2D eigenvalue weighted by molar-refractivity contribution is -0.117. The highest BCUT2D eigenvalue weighted by Crippen LogP contribution is 2.13. The minimum atomic E-state index is 0.313. The van der Waals surface area contributed by atoms with E-state index in [-0.39, 0.29) is 0 Å². The Labute approximate surface area is 87.1 Å². The molecule has 1 heterocycles. The summed E-state index contributed by atoms with van der Waals surface area (Å²) < 4.78 is 0. The first-order chi connectivity index (χ1) is 6.59. The van der Waals surface area contributed by atoms with E-state index in [1.54, 1.807) is 6.92 Å². The lowest BCUT2D eigenvalue weighted by atomic mass is 10.2. The van der Waals surface area contributed by atoms with Gasteiger partial charge in [0, 0.05) is 19.0 Å². The standard InChI is InChI=1S/C11H22N2O/c1-10(14)5-4-7-13-8-6-11(9-13)12(2)3/h11H,4-9H2,1-3H3. The summed E-state index contributed by atoms with van der Waals surface area (Å²) in [6, 6.07) is 0.715. The van der Waals surface area contributed by atoms with Crippen LogP contribution in [0.25, 0.3) is 0 Å². The topological polar surface area (TPSA) is 23.6 Å². The SMILES string of the molecule is CC(=O)CCCN1CCC(N(C)C)C1. The van der Waals surface area contributed by atoms with Gasteiger partial charge in [-0.05, 0) is 47.0 Å². The maximum Gasteiger partial charge on any atom is 0.129 e. The second-order valence-electron chi connectivity index (χ2n) is 4.51. The molecule has 1 saturated heterocycles. The molecule has 0 amide bonds. The minimum Gasteiger partial charge on any atom is -0.305 e. The Balaban J connectivity index is 2.13. The minimum absolute atomic E-state index is 0.313. The van der Waals surface area contributed by atoms with Crippen LogP contribution in [-0.4, -0.2) is 55.4 Å². The fourth-order valence-electron chi connectivity index (χ4n) is 1.99. The van der Waals surface area contributed by atoms with Crippen molar-refractivity contribution in [2.45, 2.75) is 32.2 Å². The maximum atomic E-state index is 10.8. The number of likely N-dealkylation sites (N-methyl/N-ethyl adjacent to an activating group) is 1. The lowest BCUT2D eigenvalue weighted by Gasteiger charge is -2.20. The molecule has 0 bridgehead atoms. The molecular formula is C11H22N2O. The second kappa shape index (κ2) is 5.47. The molecule has 1 unspecified atom stereocenters. The Morgan fingerprint density at radius 2 is 2.21 bits per heavy atom. The summed E-state index contributed by atoms with van der Waals surface area (Å²) in [6.07, 6.45) is 3.03. The lowest BCUT2D eigenvalue weighted by Crippen LogP contribution is -2.31. The first kappa shape index (κ1) is 11.7. The molecule has 1 aliphatic rings. The van der Waals surface area contributed by atoms with E-state index in [9.17, 15) is 4.79 Å². The van der Waals surface area contributed by atoms with E-state index < -0.39 is 0 Å². The Morgan fingerprint density at radius 1 is 1.50 bits per heavy atom. The smallest absolute Gasteiger partial charge is 0.129 e. The second-order valence-corrected chi connectivity index (χ2v) is 4.51. The average molecular weight is 198 g/mol. The van der Waals surface area contributed by atoms with Crippen molar-refractivity contribution in [3.05, 3.63) is 0 Å². The molecule has 0 aromatic carbocycles. The van der Waals surface area contributed by atoms with Crippen LogP contribution >= 0.6 is 0 Å². The Hall–Kier alpha value is -0.410. The van der Waals surface area contributed by atoms with E-state index in [4.69, 9.17) is 0 Å². The molecule has 1 fully saturated rings. The van der Waals surface area contributed by atoms with Crippen molar-refractivity contribution in [1.82, 2.24) is 9.80 Å². The number of carbonyl (C=O) groups is 1. The third-order valence-electron chi connectivity index (χ3n) is 2.98. The summed E-state index contributed by atoms with van der Waals surface area (Å²) in [5.74, 6) is 0.313. The molecule has 14 heavy (non-hydrogen) atoms. The van der Waals surface area contributed by atoms with E-state index in [2.05, 4.69) is 23.9 Å². The van der Waals surface area contributed by atoms with Crippen LogP contribution in [0.15, 0.2) is 0 Å². The molecule has 1 aliphatic heterocycles. The van der Waals surface area contributed by atoms with Gasteiger partial charge in [0.15, 0.2) is 0 Å². The van der Waals surface area contributed by atoms with E-state index in [1.807, 2.05) is 0 Å². The van der Waals surface area contributed by atoms with Crippen molar-refractivity contribution in [1.29, 1.82) is 0 Å². The van der Waals surface area contributed by atoms with Crippen molar-refractivity contribution in [3.8, 4) is 0 Å². The van der Waals surface area contributed by atoms with Crippen LogP contribution in [0.2, 0.25) is 0 Å². The van der Waals surface area contributed by atoms with Crippen molar-refractivity contribution in [2.75, 3.05) is 33.7 Å². The largest absolute Gasteiger partial charge is 0.305 e. The molecule has 0 spiro atoms. The van der Waals surface area contributed by atoms with Crippen molar-refractivity contribution < 1.29 is 4.79 Å². The Bertz CT molecular complexity index is 192. The fraction of sp³-hybridized carbons (Fsp3) is 0.909. The molecule has 3 nitrogen and oxygen atoms in total. The highest BCUT2D eigenvalue weighted by atomic mass is 16.1. The molecule has 3 heteroatoms. The van der Waals surface area contributed by atoms with Gasteiger partial charge in [0.2, 0.25) is 0 Å². The van der Waals surface area contributed by atoms with Gasteiger partial charge in [-0.2, -0.15) is 0 Å². The van der Waals surface area contributed by atoms with Crippen LogP contribution in [0.1, 0.15) is 26.2 Å². The number of hydrogen-bond donors (Lipinski definition) is 0. The van der Waals surface area contributed by atoms with E-state index >= 15 is 0 Å². The van der Waals surface area contributed by atoms with Gasteiger partial charge < -0.3 is 14.6 Å². The van der Waals surface area contributed by atoms with Gasteiger partial charge in [-0.1, -0.05) is 0 Å². The zero-order valence-corrected chi connectivity index (χ0v) is 9.62. The van der Waals surface area contributed by atoms with Crippen LogP contribution in [0.3, 0.4) is 0 Å². The van der Waals surface area contributed by atoms with Gasteiger partial charge in [-0.3, -0.25) is 0 Å². The molecular weight excluding hydrogens is 176 g/mol. The molecule has 0 N–H and O–H groups in total. The highest BCUT2D eigenvalue weighted by molar-refractivity contribution is 5.75. The van der Waals surface area contributed by atoms with Gasteiger partial charge in [-0.25, -0.2) is 0 Å². The highest BCUT2D eigenvalue weighted by Gasteiger charge is 2.22. The monoisotopic (exact) mass is 198 g/mol. The normalized spacial score (nSPS) is 23.3. The third kappa shape index (κ3) is 3.76. The molecule has 0 radical (unpaired) electrons. The maximum absolute atomic E-state index is 10.8. The van der Waals surface area contributed by atoms with Crippen molar-refractivity contribution in [3.63, 3.8) is 0 Å². The van der Waals surface area contributed by atoms with Crippen molar-refractivity contribution in [2.24, 2.45) is 0 Å². The first-order valence-electron chi connectivity index (χ1n) is 5.48. The average Bonchev–Trinajstić information content (AvgIpc) is 2.52. The van der Waals surface area contributed by atoms with Crippen LogP contribution in [0.4, 0.5) is 0 Å². The van der Waals surface area contributed by atoms with E-state index in [0.29, 0.717) is 11.8 Å². The number of likely N-dealkylation sites (tertiary alicyclic amines) is 1. The number of ketones is 1. The van der Waals surface area contributed by atoms with Crippen molar-refractivity contribution >= 4 is 5.78 Å². The van der Waals surface area contributed by atoms with E-state index in [1.165, 1.54) is 19.5 Å². The molecule has 0 aliphatic carbocycles. The summed E-state index contributed by atoms with van der Waals surface area (Å²) in [5.41, 5.74) is 0. The van der Waals surface area contributed by atoms with Gasteiger partial charge >= 0.3 is 0 Å². The van der Waals surface area contributed by atoms with Gasteiger partial charge in [-0.15, -0.1) is 0 Å². The van der Waals surface area contributed by atoms with E-state index in [0.717, 1.165) is 19.4 Å². The zero-order chi connectivity index (χ0) is 10.6. The number of rotatable bonds is 5. The zero-order valence-electron chi connectivity index (χ0n) is 9.62. The van der Waals surface area contributed by atoms with Crippen LogP contribution in [0, 0.1) is 0 Å². The molecule has 0 saturated carbocycles. The fourth-order valence-corrected chi connectivity index (χ4v) is 1.99. The third-order valence-corrected chi connectivity index (χ3v) is 2.98. The summed E-state index contributed by atoms with van der Waals surface area (Å²) >= 11 is 0. The van der Waals surface area contributed by atoms with Gasteiger partial charge in [0.25, 0.3) is 0 Å². The molecule has 0 aromatic heterocycles. The van der Waals surface area contributed by atoms with Crippen LogP contribution in [-0.2, 0) is 4.79 Å². The summed E-state index contributed by atoms with van der Waals surface area (Å²) in [4.78, 5) is 15.5. The number of carbonyl (C=O) groups excluding carboxylic acids is 1. The summed E-state index contributed by atoms with van der Waals surface area (Å²) in [7, 11) is 4.29. The summed E-state index contributed by atoms with van der Waals surface area (Å²) in [6.45, 7) is 5.13. The molecule has 1 rings (SSSR count). The Kier molecular flexibility index (Phi) is 4.55. The number of nitrogens with zero attached hydrogens (tertiary/aromatic N) is 2. The summed E-state index contributed by atoms with van der Waals surface area (Å²) in [5, 5.41) is 0. The van der Waals surface area contributed by atoms with Gasteiger partial charge in [0.05, 0.1) is 0 Å². The van der Waals surface area contributed by atoms with Crippen LogP contribution in [0.5, 0.6) is 0 Å². The molecule has 0 aromatic rings.